The second kappa shape index (κ2) is 11.1. The summed E-state index contributed by atoms with van der Waals surface area (Å²) >= 11 is 0. The summed E-state index contributed by atoms with van der Waals surface area (Å²) < 4.78 is 5.91. The SMILES string of the molecule is CC1=NNC(=O)C1CCC(=O)N1CCC2(CC/C=C(\C)CCOc3ccccc3C(=O)NC2)CC1. The number of piperidine rings is 1. The third kappa shape index (κ3) is 6.10. The molecule has 3 aliphatic rings. The molecule has 1 aromatic carbocycles. The zero-order valence-electron chi connectivity index (χ0n) is 20.8. The van der Waals surface area contributed by atoms with Crippen LogP contribution in [-0.4, -0.2) is 54.6 Å². The molecular weight excluding hydrogens is 444 g/mol. The number of carbonyl (C=O) groups excluding carboxylic acids is 3. The van der Waals surface area contributed by atoms with Gasteiger partial charge in [-0.25, -0.2) is 5.43 Å². The van der Waals surface area contributed by atoms with Crippen molar-refractivity contribution in [2.75, 3.05) is 26.2 Å². The Morgan fingerprint density at radius 1 is 1.17 bits per heavy atom. The van der Waals surface area contributed by atoms with Crippen LogP contribution < -0.4 is 15.5 Å². The van der Waals surface area contributed by atoms with E-state index in [-0.39, 0.29) is 29.1 Å². The summed E-state index contributed by atoms with van der Waals surface area (Å²) in [6, 6.07) is 7.38. The van der Waals surface area contributed by atoms with E-state index in [1.54, 1.807) is 6.07 Å². The number of benzene rings is 1. The van der Waals surface area contributed by atoms with Crippen LogP contribution in [0.2, 0.25) is 0 Å². The van der Waals surface area contributed by atoms with Crippen molar-refractivity contribution in [3.63, 3.8) is 0 Å². The second-order valence-electron chi connectivity index (χ2n) is 10.1. The number of rotatable bonds is 3. The number of hydrogen-bond donors (Lipinski definition) is 2. The van der Waals surface area contributed by atoms with E-state index in [1.807, 2.05) is 30.0 Å². The summed E-state index contributed by atoms with van der Waals surface area (Å²) in [7, 11) is 0. The van der Waals surface area contributed by atoms with Crippen LogP contribution in [0.4, 0.5) is 0 Å². The number of nitrogens with one attached hydrogen (secondary N) is 2. The summed E-state index contributed by atoms with van der Waals surface area (Å²) in [5.74, 6) is 0.158. The molecule has 3 amide bonds. The van der Waals surface area contributed by atoms with Crippen LogP contribution in [0.1, 0.15) is 69.2 Å². The molecule has 0 saturated carbocycles. The molecule has 3 aliphatic heterocycles. The van der Waals surface area contributed by atoms with E-state index in [9.17, 15) is 14.4 Å². The van der Waals surface area contributed by atoms with Crippen LogP contribution in [-0.2, 0) is 9.59 Å². The van der Waals surface area contributed by atoms with Gasteiger partial charge in [0.25, 0.3) is 5.91 Å². The maximum absolute atomic E-state index is 13.0. The molecule has 8 heteroatoms. The lowest BCUT2D eigenvalue weighted by Gasteiger charge is -2.42. The number of hydrazone groups is 1. The lowest BCUT2D eigenvalue weighted by atomic mass is 9.74. The number of nitrogens with zero attached hydrogens (tertiary/aromatic N) is 2. The summed E-state index contributed by atoms with van der Waals surface area (Å²) in [6.45, 7) is 6.40. The molecule has 1 saturated heterocycles. The predicted molar refractivity (Wildman–Crippen MR) is 134 cm³/mol. The second-order valence-corrected chi connectivity index (χ2v) is 10.1. The van der Waals surface area contributed by atoms with Crippen molar-refractivity contribution in [2.24, 2.45) is 16.4 Å². The number of amides is 3. The fourth-order valence-electron chi connectivity index (χ4n) is 5.19. The molecular formula is C27H36N4O4. The van der Waals surface area contributed by atoms with E-state index in [0.717, 1.165) is 37.8 Å². The molecule has 3 heterocycles. The van der Waals surface area contributed by atoms with E-state index in [2.05, 4.69) is 28.8 Å². The normalized spacial score (nSPS) is 24.4. The van der Waals surface area contributed by atoms with Gasteiger partial charge in [0.2, 0.25) is 11.8 Å². The zero-order chi connectivity index (χ0) is 24.8. The Kier molecular flexibility index (Phi) is 7.88. The summed E-state index contributed by atoms with van der Waals surface area (Å²) in [5, 5.41) is 7.13. The Morgan fingerprint density at radius 2 is 1.94 bits per heavy atom. The smallest absolute Gasteiger partial charge is 0.255 e. The van der Waals surface area contributed by atoms with Gasteiger partial charge in [0.1, 0.15) is 5.75 Å². The van der Waals surface area contributed by atoms with Crippen molar-refractivity contribution in [1.82, 2.24) is 15.6 Å². The highest BCUT2D eigenvalue weighted by molar-refractivity contribution is 6.07. The van der Waals surface area contributed by atoms with Gasteiger partial charge in [0.05, 0.1) is 18.1 Å². The molecule has 0 bridgehead atoms. The fourth-order valence-corrected chi connectivity index (χ4v) is 5.19. The minimum absolute atomic E-state index is 0.0539. The number of hydrogen-bond acceptors (Lipinski definition) is 5. The lowest BCUT2D eigenvalue weighted by Crippen LogP contribution is -2.48. The molecule has 0 aromatic heterocycles. The first kappa shape index (κ1) is 24.9. The van der Waals surface area contributed by atoms with Gasteiger partial charge >= 0.3 is 0 Å². The topological polar surface area (TPSA) is 100 Å². The molecule has 35 heavy (non-hydrogen) atoms. The van der Waals surface area contributed by atoms with Crippen molar-refractivity contribution in [2.45, 2.75) is 58.8 Å². The van der Waals surface area contributed by atoms with Gasteiger partial charge < -0.3 is 15.0 Å². The average molecular weight is 481 g/mol. The lowest BCUT2D eigenvalue weighted by molar-refractivity contribution is -0.134. The molecule has 0 radical (unpaired) electrons. The molecule has 1 atom stereocenters. The Bertz CT molecular complexity index is 1020. The fraction of sp³-hybridized carbons (Fsp3) is 0.556. The monoisotopic (exact) mass is 480 g/mol. The maximum atomic E-state index is 13.0. The predicted octanol–water partition coefficient (Wildman–Crippen LogP) is 3.44. The van der Waals surface area contributed by atoms with Crippen LogP contribution in [0, 0.1) is 11.3 Å². The van der Waals surface area contributed by atoms with Crippen LogP contribution >= 0.6 is 0 Å². The minimum Gasteiger partial charge on any atom is -0.492 e. The van der Waals surface area contributed by atoms with Crippen LogP contribution in [0.3, 0.4) is 0 Å². The van der Waals surface area contributed by atoms with E-state index < -0.39 is 0 Å². The molecule has 1 spiro atoms. The van der Waals surface area contributed by atoms with Gasteiger partial charge in [-0.2, -0.15) is 5.10 Å². The van der Waals surface area contributed by atoms with Crippen LogP contribution in [0.25, 0.3) is 0 Å². The molecule has 1 unspecified atom stereocenters. The van der Waals surface area contributed by atoms with E-state index in [1.165, 1.54) is 5.57 Å². The first-order valence-corrected chi connectivity index (χ1v) is 12.6. The van der Waals surface area contributed by atoms with Crippen molar-refractivity contribution < 1.29 is 19.1 Å². The number of fused-ring (bicyclic) bond motifs is 1. The maximum Gasteiger partial charge on any atom is 0.255 e. The van der Waals surface area contributed by atoms with Gasteiger partial charge in [0.15, 0.2) is 0 Å². The van der Waals surface area contributed by atoms with Crippen LogP contribution in [0.5, 0.6) is 5.75 Å². The van der Waals surface area contributed by atoms with Crippen molar-refractivity contribution in [1.29, 1.82) is 0 Å². The number of allylic oxidation sites excluding steroid dienone is 1. The van der Waals surface area contributed by atoms with E-state index in [4.69, 9.17) is 4.74 Å². The van der Waals surface area contributed by atoms with E-state index >= 15 is 0 Å². The van der Waals surface area contributed by atoms with Gasteiger partial charge in [-0.05, 0) is 63.5 Å². The first-order valence-electron chi connectivity index (χ1n) is 12.6. The largest absolute Gasteiger partial charge is 0.492 e. The summed E-state index contributed by atoms with van der Waals surface area (Å²) in [5.41, 5.74) is 5.03. The highest BCUT2D eigenvalue weighted by Crippen LogP contribution is 2.37. The third-order valence-corrected chi connectivity index (χ3v) is 7.66. The molecule has 2 N–H and O–H groups in total. The van der Waals surface area contributed by atoms with Gasteiger partial charge in [-0.15, -0.1) is 0 Å². The Balaban J connectivity index is 1.39. The van der Waals surface area contributed by atoms with Crippen molar-refractivity contribution in [3.05, 3.63) is 41.5 Å². The van der Waals surface area contributed by atoms with Gasteiger partial charge in [-0.1, -0.05) is 23.8 Å². The number of carbonyl (C=O) groups is 3. The van der Waals surface area contributed by atoms with Crippen molar-refractivity contribution in [3.8, 4) is 5.75 Å². The van der Waals surface area contributed by atoms with E-state index in [0.29, 0.717) is 50.4 Å². The molecule has 188 valence electrons. The Morgan fingerprint density at radius 3 is 2.69 bits per heavy atom. The highest BCUT2D eigenvalue weighted by Gasteiger charge is 2.36. The van der Waals surface area contributed by atoms with Gasteiger partial charge in [0, 0.05) is 38.2 Å². The quantitative estimate of drug-likeness (QED) is 0.648. The highest BCUT2D eigenvalue weighted by atomic mass is 16.5. The molecule has 0 aliphatic carbocycles. The standard InChI is InChI=1S/C27H36N4O4/c1-19-6-5-12-27(18-28-25(33)22-7-3-4-8-23(22)35-17-11-19)13-15-31(16-14-27)24(32)10-9-21-20(2)29-30-26(21)34/h3-4,6-8,21H,5,9-18H2,1-2H3,(H,28,33)(H,30,34)/b19-6+. The number of para-hydroxylation sites is 1. The molecule has 1 aromatic rings. The van der Waals surface area contributed by atoms with Crippen molar-refractivity contribution >= 4 is 23.4 Å². The number of likely N-dealkylation sites (tertiary alicyclic amines) is 1. The molecule has 4 rings (SSSR count). The first-order chi connectivity index (χ1) is 16.9. The minimum atomic E-state index is -0.303. The van der Waals surface area contributed by atoms with Gasteiger partial charge in [-0.3, -0.25) is 14.4 Å². The Labute approximate surface area is 207 Å². The summed E-state index contributed by atoms with van der Waals surface area (Å²) in [4.78, 5) is 39.7. The molecule has 8 nitrogen and oxygen atoms in total. The van der Waals surface area contributed by atoms with Crippen LogP contribution in [0.15, 0.2) is 41.0 Å². The summed E-state index contributed by atoms with van der Waals surface area (Å²) in [6.07, 6.45) is 7.53. The molecule has 1 fully saturated rings. The number of ether oxygens (including phenoxy) is 1. The third-order valence-electron chi connectivity index (χ3n) is 7.66. The average Bonchev–Trinajstić information content (AvgIpc) is 3.18. The Hall–Kier alpha value is -3.16. The zero-order valence-corrected chi connectivity index (χ0v) is 20.8.